The van der Waals surface area contributed by atoms with Crippen molar-refractivity contribution in [3.8, 4) is 11.3 Å². The summed E-state index contributed by atoms with van der Waals surface area (Å²) >= 11 is 0. The monoisotopic (exact) mass is 523 g/mol. The lowest BCUT2D eigenvalue weighted by molar-refractivity contribution is -0.142. The van der Waals surface area contributed by atoms with E-state index in [-0.39, 0.29) is 17.0 Å². The van der Waals surface area contributed by atoms with Crippen LogP contribution in [0.25, 0.3) is 22.0 Å². The number of aryl methyl sites for hydroxylation is 2. The van der Waals surface area contributed by atoms with Gasteiger partial charge in [0.25, 0.3) is 11.5 Å². The number of nitrogens with one attached hydrogen (secondary N) is 1. The molecule has 1 atom stereocenters. The standard InChI is InChI=1S/C30H26FN5O3/c1-30(25-9-5-3-7-21(25)13-17-39-30)29(38)32-22-10-11-26(31)24(18-22)27-19-36(34-33-27)16-15-35-14-12-20-6-2-4-8-23(20)28(35)37/h2-12,14,18-19H,13,15-17H2,1H3,(H,32,38). The van der Waals surface area contributed by atoms with Crippen molar-refractivity contribution in [2.75, 3.05) is 11.9 Å². The van der Waals surface area contributed by atoms with E-state index in [1.54, 1.807) is 34.6 Å². The van der Waals surface area contributed by atoms with Gasteiger partial charge in [-0.2, -0.15) is 0 Å². The van der Waals surface area contributed by atoms with Crippen LogP contribution in [0.2, 0.25) is 0 Å². The number of anilines is 1. The molecule has 6 rings (SSSR count). The van der Waals surface area contributed by atoms with Crippen LogP contribution in [0, 0.1) is 5.82 Å². The molecule has 2 aromatic heterocycles. The van der Waals surface area contributed by atoms with Crippen LogP contribution in [0.5, 0.6) is 0 Å². The second-order valence-electron chi connectivity index (χ2n) is 9.71. The van der Waals surface area contributed by atoms with E-state index in [0.717, 1.165) is 22.9 Å². The Kier molecular flexibility index (Phi) is 6.28. The highest BCUT2D eigenvalue weighted by molar-refractivity contribution is 5.98. The first-order valence-corrected chi connectivity index (χ1v) is 12.7. The van der Waals surface area contributed by atoms with Gasteiger partial charge in [0.15, 0.2) is 5.60 Å². The Bertz CT molecular complexity index is 1760. The van der Waals surface area contributed by atoms with E-state index in [4.69, 9.17) is 4.74 Å². The van der Waals surface area contributed by atoms with Gasteiger partial charge in [0.2, 0.25) is 0 Å². The predicted molar refractivity (Wildman–Crippen MR) is 146 cm³/mol. The normalized spacial score (nSPS) is 16.7. The van der Waals surface area contributed by atoms with E-state index in [1.165, 1.54) is 18.2 Å². The zero-order valence-corrected chi connectivity index (χ0v) is 21.3. The van der Waals surface area contributed by atoms with E-state index in [1.807, 2.05) is 48.5 Å². The lowest BCUT2D eigenvalue weighted by Gasteiger charge is -2.34. The molecule has 3 heterocycles. The summed E-state index contributed by atoms with van der Waals surface area (Å²) in [6.45, 7) is 2.94. The highest BCUT2D eigenvalue weighted by Gasteiger charge is 2.40. The number of amides is 1. The molecule has 1 amide bonds. The molecular formula is C30H26FN5O3. The number of nitrogens with zero attached hydrogens (tertiary/aromatic N) is 4. The summed E-state index contributed by atoms with van der Waals surface area (Å²) in [5.41, 5.74) is 1.60. The number of hydrogen-bond donors (Lipinski definition) is 1. The number of halogens is 1. The SMILES string of the molecule is CC1(C(=O)Nc2ccc(F)c(-c3cn(CCn4ccc5ccccc5c4=O)nn3)c2)OCCc2ccccc21. The maximum atomic E-state index is 14.8. The van der Waals surface area contributed by atoms with Crippen LogP contribution in [-0.2, 0) is 34.6 Å². The Morgan fingerprint density at radius 1 is 1.08 bits per heavy atom. The summed E-state index contributed by atoms with van der Waals surface area (Å²) in [4.78, 5) is 26.1. The Balaban J connectivity index is 1.19. The molecule has 0 bridgehead atoms. The Morgan fingerprint density at radius 3 is 2.79 bits per heavy atom. The smallest absolute Gasteiger partial charge is 0.260 e. The average Bonchev–Trinajstić information content (AvgIpc) is 3.43. The van der Waals surface area contributed by atoms with Gasteiger partial charge in [-0.1, -0.05) is 47.7 Å². The first kappa shape index (κ1) is 24.7. The number of pyridine rings is 1. The van der Waals surface area contributed by atoms with E-state index >= 15 is 0 Å². The zero-order valence-electron chi connectivity index (χ0n) is 21.3. The number of hydrogen-bond acceptors (Lipinski definition) is 5. The van der Waals surface area contributed by atoms with Crippen molar-refractivity contribution < 1.29 is 13.9 Å². The van der Waals surface area contributed by atoms with Crippen LogP contribution >= 0.6 is 0 Å². The van der Waals surface area contributed by atoms with Crippen molar-refractivity contribution in [3.05, 3.63) is 112 Å². The molecule has 196 valence electrons. The molecule has 39 heavy (non-hydrogen) atoms. The number of aromatic nitrogens is 4. The molecule has 1 N–H and O–H groups in total. The van der Waals surface area contributed by atoms with Crippen molar-refractivity contribution >= 4 is 22.4 Å². The number of carbonyl (C=O) groups is 1. The third-order valence-electron chi connectivity index (χ3n) is 7.22. The van der Waals surface area contributed by atoms with Crippen molar-refractivity contribution in [3.63, 3.8) is 0 Å². The summed E-state index contributed by atoms with van der Waals surface area (Å²) in [5.74, 6) is -0.826. The first-order chi connectivity index (χ1) is 18.9. The fourth-order valence-electron chi connectivity index (χ4n) is 5.03. The third-order valence-corrected chi connectivity index (χ3v) is 7.22. The molecule has 3 aromatic carbocycles. The molecule has 1 aliphatic heterocycles. The van der Waals surface area contributed by atoms with Crippen molar-refractivity contribution in [2.45, 2.75) is 32.0 Å². The Labute approximate surface area is 223 Å². The van der Waals surface area contributed by atoms with Crippen LogP contribution in [0.15, 0.2) is 90.0 Å². The van der Waals surface area contributed by atoms with Gasteiger partial charge in [0, 0.05) is 29.4 Å². The second-order valence-corrected chi connectivity index (χ2v) is 9.71. The second kappa shape index (κ2) is 9.92. The zero-order chi connectivity index (χ0) is 27.0. The summed E-state index contributed by atoms with van der Waals surface area (Å²) < 4.78 is 23.9. The molecule has 8 nitrogen and oxygen atoms in total. The van der Waals surface area contributed by atoms with E-state index in [0.29, 0.717) is 36.5 Å². The molecule has 9 heteroatoms. The van der Waals surface area contributed by atoms with Gasteiger partial charge in [0.1, 0.15) is 11.5 Å². The van der Waals surface area contributed by atoms with Crippen LogP contribution in [0.1, 0.15) is 18.1 Å². The maximum Gasteiger partial charge on any atom is 0.260 e. The lowest BCUT2D eigenvalue weighted by Crippen LogP contribution is -2.43. The molecule has 0 fully saturated rings. The van der Waals surface area contributed by atoms with Crippen LogP contribution in [0.3, 0.4) is 0 Å². The fourth-order valence-corrected chi connectivity index (χ4v) is 5.03. The van der Waals surface area contributed by atoms with Gasteiger partial charge in [-0.15, -0.1) is 5.10 Å². The Morgan fingerprint density at radius 2 is 1.90 bits per heavy atom. The maximum absolute atomic E-state index is 14.8. The van der Waals surface area contributed by atoms with Gasteiger partial charge in [0.05, 0.1) is 19.3 Å². The quantitative estimate of drug-likeness (QED) is 0.353. The topological polar surface area (TPSA) is 91.0 Å². The van der Waals surface area contributed by atoms with Crippen molar-refractivity contribution in [1.82, 2.24) is 19.6 Å². The molecule has 5 aromatic rings. The molecule has 0 radical (unpaired) electrons. The first-order valence-electron chi connectivity index (χ1n) is 12.7. The number of rotatable bonds is 6. The molecule has 1 aliphatic rings. The summed E-state index contributed by atoms with van der Waals surface area (Å²) in [6, 6.07) is 21.4. The predicted octanol–water partition coefficient (Wildman–Crippen LogP) is 4.53. The van der Waals surface area contributed by atoms with Gasteiger partial charge in [-0.25, -0.2) is 4.39 Å². The third kappa shape index (κ3) is 4.61. The Hall–Kier alpha value is -4.63. The van der Waals surface area contributed by atoms with Crippen LogP contribution in [0.4, 0.5) is 10.1 Å². The molecule has 0 saturated carbocycles. The average molecular weight is 524 g/mol. The molecule has 0 saturated heterocycles. The fraction of sp³-hybridized carbons (Fsp3) is 0.200. The number of fused-ring (bicyclic) bond motifs is 2. The number of carbonyl (C=O) groups excluding carboxylic acids is 1. The highest BCUT2D eigenvalue weighted by atomic mass is 19.1. The largest absolute Gasteiger partial charge is 0.360 e. The number of ether oxygens (including phenoxy) is 1. The number of benzene rings is 3. The van der Waals surface area contributed by atoms with E-state index < -0.39 is 11.4 Å². The summed E-state index contributed by atoms with van der Waals surface area (Å²) in [6.07, 6.45) is 4.12. The van der Waals surface area contributed by atoms with Gasteiger partial charge >= 0.3 is 0 Å². The van der Waals surface area contributed by atoms with Crippen LogP contribution < -0.4 is 10.9 Å². The molecular weight excluding hydrogens is 497 g/mol. The minimum atomic E-state index is -1.16. The van der Waals surface area contributed by atoms with Gasteiger partial charge < -0.3 is 14.6 Å². The minimum Gasteiger partial charge on any atom is -0.360 e. The summed E-state index contributed by atoms with van der Waals surface area (Å²) in [5, 5.41) is 12.7. The lowest BCUT2D eigenvalue weighted by atomic mass is 9.87. The molecule has 1 unspecified atom stereocenters. The highest BCUT2D eigenvalue weighted by Crippen LogP contribution is 2.34. The van der Waals surface area contributed by atoms with Crippen LogP contribution in [-0.4, -0.2) is 32.1 Å². The van der Waals surface area contributed by atoms with Crippen molar-refractivity contribution in [1.29, 1.82) is 0 Å². The van der Waals surface area contributed by atoms with Gasteiger partial charge in [-0.05, 0) is 60.2 Å². The van der Waals surface area contributed by atoms with Gasteiger partial charge in [-0.3, -0.25) is 14.3 Å². The summed E-state index contributed by atoms with van der Waals surface area (Å²) in [7, 11) is 0. The molecule has 0 aliphatic carbocycles. The van der Waals surface area contributed by atoms with Crippen molar-refractivity contribution in [2.24, 2.45) is 0 Å². The van der Waals surface area contributed by atoms with E-state index in [2.05, 4.69) is 15.6 Å². The van der Waals surface area contributed by atoms with E-state index in [9.17, 15) is 14.0 Å². The molecule has 0 spiro atoms. The minimum absolute atomic E-state index is 0.0822.